The quantitative estimate of drug-likeness (QED) is 0.393. The van der Waals surface area contributed by atoms with E-state index in [0.29, 0.717) is 0 Å². The second-order valence-electron chi connectivity index (χ2n) is 7.76. The lowest BCUT2D eigenvalue weighted by molar-refractivity contribution is 1.09. The minimum absolute atomic E-state index is 0.876. The second kappa shape index (κ2) is 10.5. The Morgan fingerprint density at radius 2 is 1.94 bits per heavy atom. The average molecular weight is 410 g/mol. The fourth-order valence-electron chi connectivity index (χ4n) is 3.48. The first-order chi connectivity index (χ1) is 15.0. The monoisotopic (exact) mass is 409 g/mol. The fraction of sp³-hybridized carbons (Fsp3) is 0.214. The van der Waals surface area contributed by atoms with Crippen molar-refractivity contribution >= 4 is 23.2 Å². The van der Waals surface area contributed by atoms with Crippen molar-refractivity contribution in [1.29, 1.82) is 0 Å². The molecule has 2 aromatic carbocycles. The summed E-state index contributed by atoms with van der Waals surface area (Å²) in [6.07, 6.45) is 9.86. The number of nitrogens with one attached hydrogen (secondary N) is 1. The number of rotatable bonds is 8. The summed E-state index contributed by atoms with van der Waals surface area (Å²) in [5, 5.41) is 3.23. The molecule has 0 amide bonds. The van der Waals surface area contributed by atoms with Crippen LogP contribution in [0.2, 0.25) is 0 Å². The number of hydrogen-bond acceptors (Lipinski definition) is 3. The molecule has 0 fully saturated rings. The Morgan fingerprint density at radius 1 is 1.10 bits per heavy atom. The van der Waals surface area contributed by atoms with E-state index in [0.717, 1.165) is 41.2 Å². The molecule has 31 heavy (non-hydrogen) atoms. The first kappa shape index (κ1) is 22.2. The van der Waals surface area contributed by atoms with Crippen LogP contribution in [0.25, 0.3) is 6.08 Å². The minimum Gasteiger partial charge on any atom is -0.362 e. The summed E-state index contributed by atoms with van der Waals surface area (Å²) in [5.41, 5.74) is 9.96. The van der Waals surface area contributed by atoms with Crippen molar-refractivity contribution in [3.05, 3.63) is 107 Å². The van der Waals surface area contributed by atoms with Crippen LogP contribution in [0.5, 0.6) is 0 Å². The molecule has 3 nitrogen and oxygen atoms in total. The summed E-state index contributed by atoms with van der Waals surface area (Å²) in [6, 6.07) is 17.0. The SMILES string of the molecule is C=CNc1ccc(/C=C/CC)cc1C(C)=Nc1ccc(Cc2ccc(C)nc2)c(C)c1. The molecule has 1 heterocycles. The summed E-state index contributed by atoms with van der Waals surface area (Å²) in [6.45, 7) is 12.1. The molecule has 3 rings (SSSR count). The Labute approximate surface area is 186 Å². The van der Waals surface area contributed by atoms with E-state index in [2.05, 4.69) is 98.3 Å². The highest BCUT2D eigenvalue weighted by Crippen LogP contribution is 2.24. The Morgan fingerprint density at radius 3 is 2.61 bits per heavy atom. The Hall–Kier alpha value is -3.46. The van der Waals surface area contributed by atoms with Gasteiger partial charge in [-0.25, -0.2) is 0 Å². The van der Waals surface area contributed by atoms with Gasteiger partial charge in [0.25, 0.3) is 0 Å². The van der Waals surface area contributed by atoms with Crippen LogP contribution in [0.3, 0.4) is 0 Å². The van der Waals surface area contributed by atoms with Gasteiger partial charge in [-0.2, -0.15) is 0 Å². The van der Waals surface area contributed by atoms with E-state index < -0.39 is 0 Å². The van der Waals surface area contributed by atoms with Gasteiger partial charge in [-0.15, -0.1) is 0 Å². The maximum atomic E-state index is 4.92. The maximum Gasteiger partial charge on any atom is 0.0635 e. The lowest BCUT2D eigenvalue weighted by Gasteiger charge is -2.12. The maximum absolute atomic E-state index is 4.92. The van der Waals surface area contributed by atoms with E-state index in [1.54, 1.807) is 6.20 Å². The molecule has 0 radical (unpaired) electrons. The number of anilines is 1. The van der Waals surface area contributed by atoms with Crippen molar-refractivity contribution in [1.82, 2.24) is 4.98 Å². The van der Waals surface area contributed by atoms with Crippen molar-refractivity contribution < 1.29 is 0 Å². The van der Waals surface area contributed by atoms with Gasteiger partial charge in [0.2, 0.25) is 0 Å². The summed E-state index contributed by atoms with van der Waals surface area (Å²) >= 11 is 0. The van der Waals surface area contributed by atoms with Gasteiger partial charge >= 0.3 is 0 Å². The topological polar surface area (TPSA) is 37.3 Å². The van der Waals surface area contributed by atoms with Gasteiger partial charge < -0.3 is 5.32 Å². The molecule has 0 saturated carbocycles. The van der Waals surface area contributed by atoms with E-state index in [-0.39, 0.29) is 0 Å². The van der Waals surface area contributed by atoms with Gasteiger partial charge in [0.1, 0.15) is 0 Å². The van der Waals surface area contributed by atoms with Crippen molar-refractivity contribution in [3.63, 3.8) is 0 Å². The number of allylic oxidation sites excluding steroid dienone is 1. The molecule has 0 spiro atoms. The van der Waals surface area contributed by atoms with Gasteiger partial charge in [-0.05, 0) is 92.4 Å². The summed E-state index contributed by atoms with van der Waals surface area (Å²) in [7, 11) is 0. The second-order valence-corrected chi connectivity index (χ2v) is 7.76. The predicted octanol–water partition coefficient (Wildman–Crippen LogP) is 7.41. The lowest BCUT2D eigenvalue weighted by atomic mass is 10.0. The van der Waals surface area contributed by atoms with Gasteiger partial charge in [0.05, 0.1) is 5.69 Å². The number of benzene rings is 2. The summed E-state index contributed by atoms with van der Waals surface area (Å²) < 4.78 is 0. The zero-order valence-corrected chi connectivity index (χ0v) is 18.9. The molecule has 3 heteroatoms. The van der Waals surface area contributed by atoms with Gasteiger partial charge in [0, 0.05) is 28.9 Å². The number of nitrogens with zero attached hydrogens (tertiary/aromatic N) is 2. The smallest absolute Gasteiger partial charge is 0.0635 e. The largest absolute Gasteiger partial charge is 0.362 e. The number of aliphatic imine (C=N–C) groups is 1. The van der Waals surface area contributed by atoms with Crippen LogP contribution in [0, 0.1) is 13.8 Å². The third-order valence-electron chi connectivity index (χ3n) is 5.23. The zero-order chi connectivity index (χ0) is 22.2. The number of aryl methyl sites for hydroxylation is 2. The number of hydrogen-bond donors (Lipinski definition) is 1. The Balaban J connectivity index is 1.88. The molecular formula is C28H31N3. The molecule has 0 aliphatic carbocycles. The fourth-order valence-corrected chi connectivity index (χ4v) is 3.48. The minimum atomic E-state index is 0.876. The van der Waals surface area contributed by atoms with E-state index >= 15 is 0 Å². The summed E-state index contributed by atoms with van der Waals surface area (Å²) in [4.78, 5) is 9.32. The van der Waals surface area contributed by atoms with Crippen molar-refractivity contribution in [3.8, 4) is 0 Å². The normalized spacial score (nSPS) is 11.7. The molecule has 158 valence electrons. The highest BCUT2D eigenvalue weighted by atomic mass is 14.8. The molecule has 0 atom stereocenters. The lowest BCUT2D eigenvalue weighted by Crippen LogP contribution is -2.01. The first-order valence-electron chi connectivity index (χ1n) is 10.7. The predicted molar refractivity (Wildman–Crippen MR) is 134 cm³/mol. The number of aromatic nitrogens is 1. The highest BCUT2D eigenvalue weighted by Gasteiger charge is 2.07. The van der Waals surface area contributed by atoms with Gasteiger partial charge in [-0.1, -0.05) is 43.9 Å². The molecule has 0 aliphatic rings. The first-order valence-corrected chi connectivity index (χ1v) is 10.7. The van der Waals surface area contributed by atoms with Crippen LogP contribution in [0.4, 0.5) is 11.4 Å². The van der Waals surface area contributed by atoms with Crippen LogP contribution in [0.15, 0.2) is 78.6 Å². The zero-order valence-electron chi connectivity index (χ0n) is 18.9. The molecule has 0 unspecified atom stereocenters. The molecule has 0 saturated heterocycles. The molecular weight excluding hydrogens is 378 g/mol. The van der Waals surface area contributed by atoms with Crippen molar-refractivity contribution in [2.45, 2.75) is 40.5 Å². The van der Waals surface area contributed by atoms with Crippen LogP contribution in [-0.2, 0) is 6.42 Å². The van der Waals surface area contributed by atoms with Crippen LogP contribution >= 0.6 is 0 Å². The van der Waals surface area contributed by atoms with Crippen molar-refractivity contribution in [2.75, 3.05) is 5.32 Å². The van der Waals surface area contributed by atoms with Crippen molar-refractivity contribution in [2.24, 2.45) is 4.99 Å². The van der Waals surface area contributed by atoms with E-state index in [1.807, 2.05) is 13.1 Å². The molecule has 0 bridgehead atoms. The highest BCUT2D eigenvalue weighted by molar-refractivity contribution is 6.05. The molecule has 3 aromatic rings. The standard InChI is InChI=1S/C28H31N3/c1-6-8-9-23-12-15-28(29-7-2)27(18-23)22(5)31-26-14-13-25(20(3)16-26)17-24-11-10-21(4)30-19-24/h7-16,18-19,29H,2,6,17H2,1,3-5H3/b9-8+,31-22?. The van der Waals surface area contributed by atoms with Crippen LogP contribution in [0.1, 0.15) is 53.8 Å². The van der Waals surface area contributed by atoms with E-state index in [1.165, 1.54) is 22.3 Å². The van der Waals surface area contributed by atoms with E-state index in [4.69, 9.17) is 4.99 Å². The van der Waals surface area contributed by atoms with Gasteiger partial charge in [-0.3, -0.25) is 9.98 Å². The third-order valence-corrected chi connectivity index (χ3v) is 5.23. The molecule has 0 aliphatic heterocycles. The van der Waals surface area contributed by atoms with Gasteiger partial charge in [0.15, 0.2) is 0 Å². The average Bonchev–Trinajstić information content (AvgIpc) is 2.76. The summed E-state index contributed by atoms with van der Waals surface area (Å²) in [5.74, 6) is 0. The van der Waals surface area contributed by atoms with Crippen LogP contribution < -0.4 is 5.32 Å². The molecule has 1 aromatic heterocycles. The van der Waals surface area contributed by atoms with E-state index in [9.17, 15) is 0 Å². The number of pyridine rings is 1. The molecule has 1 N–H and O–H groups in total. The Kier molecular flexibility index (Phi) is 7.55. The third kappa shape index (κ3) is 6.02. The Bertz CT molecular complexity index is 1110. The van der Waals surface area contributed by atoms with Crippen LogP contribution in [-0.4, -0.2) is 10.7 Å².